The van der Waals surface area contributed by atoms with E-state index in [-0.39, 0.29) is 6.23 Å². The standard InChI is InChI=1S/C15H17NO/c1-12-8-10-13(11-9-12)15(17-2)16-14-6-4-3-5-7-14/h3-11,15-16H,1-2H3. The van der Waals surface area contributed by atoms with Gasteiger partial charge < -0.3 is 10.1 Å². The van der Waals surface area contributed by atoms with Crippen molar-refractivity contribution >= 4 is 5.69 Å². The molecule has 17 heavy (non-hydrogen) atoms. The number of aryl methyl sites for hydroxylation is 1. The third kappa shape index (κ3) is 3.08. The lowest BCUT2D eigenvalue weighted by atomic mass is 10.1. The van der Waals surface area contributed by atoms with Crippen molar-refractivity contribution in [2.45, 2.75) is 13.2 Å². The SMILES string of the molecule is COC(Nc1ccccc1)c1ccc(C)cc1. The van der Waals surface area contributed by atoms with Gasteiger partial charge in [-0.1, -0.05) is 48.0 Å². The number of para-hydroxylation sites is 1. The molecule has 88 valence electrons. The topological polar surface area (TPSA) is 21.3 Å². The van der Waals surface area contributed by atoms with Crippen LogP contribution in [0.25, 0.3) is 0 Å². The second-order valence-electron chi connectivity index (χ2n) is 4.04. The fraction of sp³-hybridized carbons (Fsp3) is 0.200. The summed E-state index contributed by atoms with van der Waals surface area (Å²) in [6, 6.07) is 18.4. The maximum atomic E-state index is 5.47. The average molecular weight is 227 g/mol. The van der Waals surface area contributed by atoms with E-state index in [2.05, 4.69) is 36.5 Å². The van der Waals surface area contributed by atoms with Gasteiger partial charge in [-0.2, -0.15) is 0 Å². The molecule has 0 heterocycles. The van der Waals surface area contributed by atoms with Crippen molar-refractivity contribution in [3.05, 3.63) is 65.7 Å². The van der Waals surface area contributed by atoms with E-state index in [0.29, 0.717) is 0 Å². The minimum absolute atomic E-state index is 0.113. The Labute approximate surface area is 102 Å². The summed E-state index contributed by atoms with van der Waals surface area (Å²) in [6.07, 6.45) is -0.113. The van der Waals surface area contributed by atoms with Crippen molar-refractivity contribution in [2.24, 2.45) is 0 Å². The normalized spacial score (nSPS) is 12.1. The quantitative estimate of drug-likeness (QED) is 0.803. The zero-order valence-corrected chi connectivity index (χ0v) is 10.2. The molecule has 0 spiro atoms. The van der Waals surface area contributed by atoms with Crippen LogP contribution in [0.5, 0.6) is 0 Å². The van der Waals surface area contributed by atoms with E-state index in [9.17, 15) is 0 Å². The van der Waals surface area contributed by atoms with Crippen LogP contribution in [0.1, 0.15) is 17.4 Å². The lowest BCUT2D eigenvalue weighted by molar-refractivity contribution is 0.127. The van der Waals surface area contributed by atoms with Gasteiger partial charge in [-0.05, 0) is 19.1 Å². The molecule has 0 bridgehead atoms. The van der Waals surface area contributed by atoms with Crippen molar-refractivity contribution in [2.75, 3.05) is 12.4 Å². The number of nitrogens with one attached hydrogen (secondary N) is 1. The van der Waals surface area contributed by atoms with Crippen molar-refractivity contribution in [1.29, 1.82) is 0 Å². The summed E-state index contributed by atoms with van der Waals surface area (Å²) in [5.74, 6) is 0. The molecule has 0 aliphatic heterocycles. The van der Waals surface area contributed by atoms with Gasteiger partial charge in [0.1, 0.15) is 0 Å². The van der Waals surface area contributed by atoms with Crippen molar-refractivity contribution in [3.63, 3.8) is 0 Å². The largest absolute Gasteiger partial charge is 0.357 e. The van der Waals surface area contributed by atoms with Gasteiger partial charge in [-0.25, -0.2) is 0 Å². The molecule has 0 radical (unpaired) electrons. The Morgan fingerprint density at radius 3 is 2.18 bits per heavy atom. The van der Waals surface area contributed by atoms with Crippen LogP contribution >= 0.6 is 0 Å². The lowest BCUT2D eigenvalue weighted by Gasteiger charge is -2.18. The second-order valence-corrected chi connectivity index (χ2v) is 4.04. The number of methoxy groups -OCH3 is 1. The molecule has 1 unspecified atom stereocenters. The highest BCUT2D eigenvalue weighted by Gasteiger charge is 2.09. The number of hydrogen-bond acceptors (Lipinski definition) is 2. The molecule has 0 aliphatic rings. The summed E-state index contributed by atoms with van der Waals surface area (Å²) in [6.45, 7) is 2.08. The maximum Gasteiger partial charge on any atom is 0.153 e. The van der Waals surface area contributed by atoms with Crippen LogP contribution < -0.4 is 5.32 Å². The highest BCUT2D eigenvalue weighted by atomic mass is 16.5. The molecule has 1 N–H and O–H groups in total. The third-order valence-corrected chi connectivity index (χ3v) is 2.69. The highest BCUT2D eigenvalue weighted by molar-refractivity contribution is 5.44. The van der Waals surface area contributed by atoms with E-state index in [0.717, 1.165) is 11.3 Å². The van der Waals surface area contributed by atoms with Crippen LogP contribution in [0.2, 0.25) is 0 Å². The first-order valence-electron chi connectivity index (χ1n) is 5.70. The third-order valence-electron chi connectivity index (χ3n) is 2.69. The summed E-state index contributed by atoms with van der Waals surface area (Å²) >= 11 is 0. The Balaban J connectivity index is 2.14. The lowest BCUT2D eigenvalue weighted by Crippen LogP contribution is -2.12. The van der Waals surface area contributed by atoms with Crippen LogP contribution in [0.4, 0.5) is 5.69 Å². The first-order valence-corrected chi connectivity index (χ1v) is 5.70. The Morgan fingerprint density at radius 1 is 0.941 bits per heavy atom. The molecule has 0 saturated heterocycles. The van der Waals surface area contributed by atoms with Crippen molar-refractivity contribution in [3.8, 4) is 0 Å². The molecule has 2 aromatic rings. The Kier molecular flexibility index (Phi) is 3.78. The minimum Gasteiger partial charge on any atom is -0.357 e. The van der Waals surface area contributed by atoms with E-state index >= 15 is 0 Å². The molecule has 2 heteroatoms. The molecular formula is C15H17NO. The van der Waals surface area contributed by atoms with Crippen molar-refractivity contribution < 1.29 is 4.74 Å². The van der Waals surface area contributed by atoms with Gasteiger partial charge in [0.15, 0.2) is 6.23 Å². The fourth-order valence-corrected chi connectivity index (χ4v) is 1.71. The first-order chi connectivity index (χ1) is 8.29. The van der Waals surface area contributed by atoms with Crippen LogP contribution in [0.3, 0.4) is 0 Å². The molecular weight excluding hydrogens is 210 g/mol. The minimum atomic E-state index is -0.113. The van der Waals surface area contributed by atoms with E-state index < -0.39 is 0 Å². The van der Waals surface area contributed by atoms with Crippen LogP contribution in [0.15, 0.2) is 54.6 Å². The first kappa shape index (κ1) is 11.7. The second kappa shape index (κ2) is 5.51. The Morgan fingerprint density at radius 2 is 1.59 bits per heavy atom. The molecule has 2 aromatic carbocycles. The average Bonchev–Trinajstić information content (AvgIpc) is 2.38. The van der Waals surface area contributed by atoms with E-state index in [1.54, 1.807) is 7.11 Å². The molecule has 0 fully saturated rings. The molecule has 0 aromatic heterocycles. The smallest absolute Gasteiger partial charge is 0.153 e. The molecule has 0 aliphatic carbocycles. The number of benzene rings is 2. The zero-order chi connectivity index (χ0) is 12.1. The predicted molar refractivity (Wildman–Crippen MR) is 71.0 cm³/mol. The Bertz CT molecular complexity index is 450. The fourth-order valence-electron chi connectivity index (χ4n) is 1.71. The van der Waals surface area contributed by atoms with Gasteiger partial charge in [-0.15, -0.1) is 0 Å². The summed E-state index contributed by atoms with van der Waals surface area (Å²) < 4.78 is 5.47. The van der Waals surface area contributed by atoms with Gasteiger partial charge >= 0.3 is 0 Å². The maximum absolute atomic E-state index is 5.47. The van der Waals surface area contributed by atoms with Gasteiger partial charge in [0.05, 0.1) is 0 Å². The number of hydrogen-bond donors (Lipinski definition) is 1. The number of ether oxygens (including phenoxy) is 1. The van der Waals surface area contributed by atoms with E-state index in [4.69, 9.17) is 4.74 Å². The summed E-state index contributed by atoms with van der Waals surface area (Å²) in [4.78, 5) is 0. The van der Waals surface area contributed by atoms with Gasteiger partial charge in [0, 0.05) is 18.4 Å². The van der Waals surface area contributed by atoms with E-state index in [1.807, 2.05) is 30.3 Å². The zero-order valence-electron chi connectivity index (χ0n) is 10.2. The van der Waals surface area contributed by atoms with Gasteiger partial charge in [0.25, 0.3) is 0 Å². The molecule has 2 rings (SSSR count). The van der Waals surface area contributed by atoms with Gasteiger partial charge in [0.2, 0.25) is 0 Å². The molecule has 0 amide bonds. The van der Waals surface area contributed by atoms with Crippen LogP contribution in [-0.4, -0.2) is 7.11 Å². The van der Waals surface area contributed by atoms with Crippen LogP contribution in [-0.2, 0) is 4.74 Å². The van der Waals surface area contributed by atoms with Crippen molar-refractivity contribution in [1.82, 2.24) is 0 Å². The monoisotopic (exact) mass is 227 g/mol. The number of rotatable bonds is 4. The summed E-state index contributed by atoms with van der Waals surface area (Å²) in [5.41, 5.74) is 3.44. The molecule has 0 saturated carbocycles. The summed E-state index contributed by atoms with van der Waals surface area (Å²) in [5, 5.41) is 3.34. The van der Waals surface area contributed by atoms with Crippen LogP contribution in [0, 0.1) is 6.92 Å². The number of anilines is 1. The van der Waals surface area contributed by atoms with Gasteiger partial charge in [-0.3, -0.25) is 0 Å². The molecule has 2 nitrogen and oxygen atoms in total. The highest BCUT2D eigenvalue weighted by Crippen LogP contribution is 2.20. The predicted octanol–water partition coefficient (Wildman–Crippen LogP) is 3.75. The van der Waals surface area contributed by atoms with E-state index in [1.165, 1.54) is 5.56 Å². The Hall–Kier alpha value is -1.80. The molecule has 1 atom stereocenters. The summed E-state index contributed by atoms with van der Waals surface area (Å²) in [7, 11) is 1.71.